The first-order chi connectivity index (χ1) is 10.8. The lowest BCUT2D eigenvalue weighted by Crippen LogP contribution is -2.17. The van der Waals surface area contributed by atoms with Gasteiger partial charge in [-0.2, -0.15) is 0 Å². The van der Waals surface area contributed by atoms with Crippen molar-refractivity contribution in [2.75, 3.05) is 0 Å². The van der Waals surface area contributed by atoms with Crippen LogP contribution in [0.4, 0.5) is 0 Å². The van der Waals surface area contributed by atoms with E-state index in [1.165, 1.54) is 5.56 Å². The van der Waals surface area contributed by atoms with E-state index >= 15 is 0 Å². The van der Waals surface area contributed by atoms with E-state index in [9.17, 15) is 4.79 Å². The number of nitrogens with zero attached hydrogens (tertiary/aromatic N) is 1. The molecular formula is C20H17NO. The molecule has 22 heavy (non-hydrogen) atoms. The number of rotatable bonds is 4. The average molecular weight is 287 g/mol. The van der Waals surface area contributed by atoms with E-state index < -0.39 is 0 Å². The lowest BCUT2D eigenvalue weighted by Gasteiger charge is -2.23. The maximum Gasteiger partial charge on any atom is 0.187 e. The summed E-state index contributed by atoms with van der Waals surface area (Å²) in [4.78, 5) is 14.4. The second-order valence-electron chi connectivity index (χ2n) is 5.11. The van der Waals surface area contributed by atoms with Crippen molar-refractivity contribution in [1.29, 1.82) is 0 Å². The Balaban J connectivity index is 1.81. The number of carbonyl (C=O) groups excluding carboxylic acids is 1. The van der Waals surface area contributed by atoms with Crippen LogP contribution in [0.2, 0.25) is 0 Å². The number of ketones is 1. The first kappa shape index (κ1) is 14.1. The number of benzene rings is 2. The Morgan fingerprint density at radius 3 is 2.32 bits per heavy atom. The van der Waals surface area contributed by atoms with E-state index in [1.54, 1.807) is 6.08 Å². The van der Waals surface area contributed by atoms with Crippen molar-refractivity contribution in [3.8, 4) is 0 Å². The number of allylic oxidation sites excluding steroid dienone is 4. The highest BCUT2D eigenvalue weighted by Crippen LogP contribution is 2.17. The van der Waals surface area contributed by atoms with Crippen molar-refractivity contribution < 1.29 is 4.79 Å². The van der Waals surface area contributed by atoms with Crippen LogP contribution >= 0.6 is 0 Å². The fraction of sp³-hybridized carbons (Fsp3) is 0.0500. The Hall–Kier alpha value is -2.87. The maximum absolute atomic E-state index is 12.3. The zero-order chi connectivity index (χ0) is 15.2. The summed E-state index contributed by atoms with van der Waals surface area (Å²) < 4.78 is 0. The van der Waals surface area contributed by atoms with Gasteiger partial charge in [0, 0.05) is 30.1 Å². The first-order valence-corrected chi connectivity index (χ1v) is 7.29. The molecule has 2 aromatic rings. The predicted octanol–water partition coefficient (Wildman–Crippen LogP) is 4.34. The van der Waals surface area contributed by atoms with Crippen LogP contribution in [0.15, 0.2) is 96.9 Å². The largest absolute Gasteiger partial charge is 0.343 e. The standard InChI is InChI=1S/C20H17NO/c22-20(18-11-5-2-6-12-18)15-19-13-7-8-14-21(19)16-17-9-3-1-4-10-17/h1-15H,16H2/b19-15-. The Morgan fingerprint density at radius 1 is 0.909 bits per heavy atom. The topological polar surface area (TPSA) is 20.3 Å². The van der Waals surface area contributed by atoms with Crippen molar-refractivity contribution in [2.45, 2.75) is 6.54 Å². The molecule has 108 valence electrons. The molecule has 3 rings (SSSR count). The van der Waals surface area contributed by atoms with E-state index in [1.807, 2.05) is 73.0 Å². The van der Waals surface area contributed by atoms with E-state index in [0.29, 0.717) is 5.56 Å². The van der Waals surface area contributed by atoms with E-state index in [4.69, 9.17) is 0 Å². The fourth-order valence-electron chi connectivity index (χ4n) is 2.36. The molecule has 0 unspecified atom stereocenters. The van der Waals surface area contributed by atoms with Crippen LogP contribution in [0.5, 0.6) is 0 Å². The van der Waals surface area contributed by atoms with Crippen LogP contribution in [0, 0.1) is 0 Å². The molecule has 0 N–H and O–H groups in total. The molecule has 0 radical (unpaired) electrons. The molecule has 0 spiro atoms. The van der Waals surface area contributed by atoms with Crippen molar-refractivity contribution in [1.82, 2.24) is 4.90 Å². The van der Waals surface area contributed by atoms with E-state index in [2.05, 4.69) is 17.0 Å². The molecule has 0 bridgehead atoms. The highest BCUT2D eigenvalue weighted by atomic mass is 16.1. The third-order valence-corrected chi connectivity index (χ3v) is 3.51. The summed E-state index contributed by atoms with van der Waals surface area (Å²) in [5.74, 6) is 0.0219. The molecule has 0 amide bonds. The summed E-state index contributed by atoms with van der Waals surface area (Å²) in [6.07, 6.45) is 9.58. The molecule has 1 aliphatic heterocycles. The summed E-state index contributed by atoms with van der Waals surface area (Å²) in [5, 5.41) is 0. The molecular weight excluding hydrogens is 270 g/mol. The molecule has 2 heteroatoms. The maximum atomic E-state index is 12.3. The van der Waals surface area contributed by atoms with E-state index in [0.717, 1.165) is 12.2 Å². The van der Waals surface area contributed by atoms with Crippen LogP contribution < -0.4 is 0 Å². The number of carbonyl (C=O) groups is 1. The smallest absolute Gasteiger partial charge is 0.187 e. The van der Waals surface area contributed by atoms with Gasteiger partial charge in [0.15, 0.2) is 5.78 Å². The molecule has 0 atom stereocenters. The molecule has 2 nitrogen and oxygen atoms in total. The number of hydrogen-bond acceptors (Lipinski definition) is 2. The molecule has 0 aliphatic carbocycles. The van der Waals surface area contributed by atoms with Crippen LogP contribution in [0.1, 0.15) is 15.9 Å². The van der Waals surface area contributed by atoms with Gasteiger partial charge in [0.25, 0.3) is 0 Å². The lowest BCUT2D eigenvalue weighted by molar-refractivity contribution is 0.104. The van der Waals surface area contributed by atoms with Crippen molar-refractivity contribution in [3.63, 3.8) is 0 Å². The highest BCUT2D eigenvalue weighted by Gasteiger charge is 2.10. The molecule has 0 saturated carbocycles. The fourth-order valence-corrected chi connectivity index (χ4v) is 2.36. The van der Waals surface area contributed by atoms with Crippen LogP contribution in [0.25, 0.3) is 0 Å². The molecule has 0 aromatic heterocycles. The molecule has 1 aliphatic rings. The summed E-state index contributed by atoms with van der Waals surface area (Å²) in [7, 11) is 0. The van der Waals surface area contributed by atoms with Gasteiger partial charge < -0.3 is 4.90 Å². The summed E-state index contributed by atoms with van der Waals surface area (Å²) in [6, 6.07) is 19.6. The Morgan fingerprint density at radius 2 is 1.59 bits per heavy atom. The van der Waals surface area contributed by atoms with Crippen LogP contribution in [-0.4, -0.2) is 10.7 Å². The van der Waals surface area contributed by atoms with Crippen molar-refractivity contribution in [2.24, 2.45) is 0 Å². The summed E-state index contributed by atoms with van der Waals surface area (Å²) >= 11 is 0. The summed E-state index contributed by atoms with van der Waals surface area (Å²) in [5.41, 5.74) is 2.82. The van der Waals surface area contributed by atoms with Gasteiger partial charge in [0.05, 0.1) is 0 Å². The first-order valence-electron chi connectivity index (χ1n) is 7.29. The lowest BCUT2D eigenvalue weighted by atomic mass is 10.1. The quantitative estimate of drug-likeness (QED) is 0.616. The van der Waals surface area contributed by atoms with Gasteiger partial charge in [-0.05, 0) is 17.7 Å². The zero-order valence-corrected chi connectivity index (χ0v) is 12.2. The van der Waals surface area contributed by atoms with Gasteiger partial charge in [0.1, 0.15) is 0 Å². The van der Waals surface area contributed by atoms with Gasteiger partial charge >= 0.3 is 0 Å². The second-order valence-corrected chi connectivity index (χ2v) is 5.11. The minimum absolute atomic E-state index is 0.0219. The van der Waals surface area contributed by atoms with Gasteiger partial charge in [-0.3, -0.25) is 4.79 Å². The minimum Gasteiger partial charge on any atom is -0.343 e. The van der Waals surface area contributed by atoms with Gasteiger partial charge in [0.2, 0.25) is 0 Å². The monoisotopic (exact) mass is 287 g/mol. The minimum atomic E-state index is 0.0219. The average Bonchev–Trinajstić information content (AvgIpc) is 2.58. The SMILES string of the molecule is O=C(/C=C1/C=CC=CN1Cc1ccccc1)c1ccccc1. The van der Waals surface area contributed by atoms with Crippen molar-refractivity contribution in [3.05, 3.63) is 108 Å². The van der Waals surface area contributed by atoms with E-state index in [-0.39, 0.29) is 5.78 Å². The Bertz CT molecular complexity index is 727. The van der Waals surface area contributed by atoms with Crippen LogP contribution in [0.3, 0.4) is 0 Å². The molecule has 2 aromatic carbocycles. The summed E-state index contributed by atoms with van der Waals surface area (Å²) in [6.45, 7) is 0.746. The molecule has 0 fully saturated rings. The Kier molecular flexibility index (Phi) is 4.30. The second kappa shape index (κ2) is 6.72. The van der Waals surface area contributed by atoms with Crippen LogP contribution in [-0.2, 0) is 6.54 Å². The van der Waals surface area contributed by atoms with Gasteiger partial charge in [-0.25, -0.2) is 0 Å². The van der Waals surface area contributed by atoms with Gasteiger partial charge in [-0.1, -0.05) is 66.7 Å². The molecule has 0 saturated heterocycles. The number of hydrogen-bond donors (Lipinski definition) is 0. The third-order valence-electron chi connectivity index (χ3n) is 3.51. The zero-order valence-electron chi connectivity index (χ0n) is 12.2. The predicted molar refractivity (Wildman–Crippen MR) is 89.1 cm³/mol. The Labute approximate surface area is 130 Å². The molecule has 1 heterocycles. The van der Waals surface area contributed by atoms with Gasteiger partial charge in [-0.15, -0.1) is 0 Å². The highest BCUT2D eigenvalue weighted by molar-refractivity contribution is 6.05. The normalized spacial score (nSPS) is 15.3. The van der Waals surface area contributed by atoms with Crippen molar-refractivity contribution >= 4 is 5.78 Å². The third kappa shape index (κ3) is 3.41.